The van der Waals surface area contributed by atoms with E-state index in [0.717, 1.165) is 5.03 Å². The molecule has 3 atom stereocenters. The van der Waals surface area contributed by atoms with E-state index in [1.807, 2.05) is 25.1 Å². The van der Waals surface area contributed by atoms with Gasteiger partial charge < -0.3 is 15.2 Å². The number of hydrogen-bond acceptors (Lipinski definition) is 8. The Balaban J connectivity index is 1.47. The second-order valence-corrected chi connectivity index (χ2v) is 9.56. The Morgan fingerprint density at radius 2 is 2.28 bits per heavy atom. The molecular formula is C21H26N4O5S2. The van der Waals surface area contributed by atoms with Gasteiger partial charge in [-0.25, -0.2) is 9.78 Å². The zero-order chi connectivity index (χ0) is 22.9. The summed E-state index contributed by atoms with van der Waals surface area (Å²) in [4.78, 5) is 42.7. The number of hydrogen-bond donors (Lipinski definition) is 3. The standard InChI is InChI=1S/C21H26N4O5S2/c1-2-16-15(26)12-19(30-16)25-13-14(20(28)24-21(25)29)6-5-10-22-17(27)8-11-31-32-18-7-3-4-9-23-18/h3-7,9,13,15-16,19,26H,2,8,10-12H2,1H3,(H,22,27)(H,24,28,29)/b6-5+/t15?,16-,19-/m1/s1. The number of nitrogens with one attached hydrogen (secondary N) is 2. The molecule has 1 unspecified atom stereocenters. The summed E-state index contributed by atoms with van der Waals surface area (Å²) in [5.41, 5.74) is -0.850. The van der Waals surface area contributed by atoms with E-state index in [1.54, 1.807) is 29.1 Å². The van der Waals surface area contributed by atoms with Crippen molar-refractivity contribution in [1.29, 1.82) is 0 Å². The Hall–Kier alpha value is -2.34. The van der Waals surface area contributed by atoms with Crippen molar-refractivity contribution < 1.29 is 14.6 Å². The van der Waals surface area contributed by atoms with Gasteiger partial charge in [-0.2, -0.15) is 0 Å². The van der Waals surface area contributed by atoms with Crippen LogP contribution in [0.3, 0.4) is 0 Å². The molecule has 2 aromatic rings. The third kappa shape index (κ3) is 6.83. The summed E-state index contributed by atoms with van der Waals surface area (Å²) >= 11 is 0. The van der Waals surface area contributed by atoms with Crippen molar-refractivity contribution in [3.63, 3.8) is 0 Å². The fourth-order valence-corrected chi connectivity index (χ4v) is 5.04. The zero-order valence-electron chi connectivity index (χ0n) is 17.6. The van der Waals surface area contributed by atoms with Gasteiger partial charge in [0, 0.05) is 37.5 Å². The lowest BCUT2D eigenvalue weighted by Crippen LogP contribution is -2.33. The number of aromatic amines is 1. The van der Waals surface area contributed by atoms with Gasteiger partial charge in [-0.05, 0) is 29.3 Å². The second kappa shape index (κ2) is 12.0. The first kappa shape index (κ1) is 24.3. The van der Waals surface area contributed by atoms with Crippen molar-refractivity contribution in [3.05, 3.63) is 63.1 Å². The number of aromatic nitrogens is 3. The van der Waals surface area contributed by atoms with E-state index in [1.165, 1.54) is 21.6 Å². The molecule has 0 radical (unpaired) electrons. The number of pyridine rings is 1. The summed E-state index contributed by atoms with van der Waals surface area (Å²) < 4.78 is 7.01. The van der Waals surface area contributed by atoms with E-state index in [-0.39, 0.29) is 30.5 Å². The molecule has 1 amide bonds. The van der Waals surface area contributed by atoms with Crippen LogP contribution in [0.5, 0.6) is 0 Å². The smallest absolute Gasteiger partial charge is 0.330 e. The minimum absolute atomic E-state index is 0.0957. The van der Waals surface area contributed by atoms with Crippen molar-refractivity contribution in [2.45, 2.75) is 49.6 Å². The highest BCUT2D eigenvalue weighted by atomic mass is 33.1. The second-order valence-electron chi connectivity index (χ2n) is 7.12. The average molecular weight is 479 g/mol. The normalized spacial score (nSPS) is 20.6. The number of H-pyrrole nitrogens is 1. The zero-order valence-corrected chi connectivity index (χ0v) is 19.2. The molecule has 1 aliphatic rings. The lowest BCUT2D eigenvalue weighted by atomic mass is 10.1. The van der Waals surface area contributed by atoms with E-state index in [4.69, 9.17) is 4.74 Å². The van der Waals surface area contributed by atoms with Crippen LogP contribution in [0.25, 0.3) is 6.08 Å². The molecule has 172 valence electrons. The van der Waals surface area contributed by atoms with Gasteiger partial charge in [-0.3, -0.25) is 19.1 Å². The maximum absolute atomic E-state index is 12.2. The molecule has 3 N–H and O–H groups in total. The summed E-state index contributed by atoms with van der Waals surface area (Å²) in [5, 5.41) is 13.7. The number of amides is 1. The molecule has 9 nitrogen and oxygen atoms in total. The van der Waals surface area contributed by atoms with Gasteiger partial charge in [-0.1, -0.05) is 35.9 Å². The van der Waals surface area contributed by atoms with E-state index in [0.29, 0.717) is 18.6 Å². The Morgan fingerprint density at radius 3 is 3.00 bits per heavy atom. The Morgan fingerprint density at radius 1 is 1.44 bits per heavy atom. The summed E-state index contributed by atoms with van der Waals surface area (Å²) in [5.74, 6) is 0.551. The van der Waals surface area contributed by atoms with Crippen molar-refractivity contribution in [1.82, 2.24) is 19.9 Å². The molecule has 32 heavy (non-hydrogen) atoms. The van der Waals surface area contributed by atoms with Crippen molar-refractivity contribution in [2.75, 3.05) is 12.3 Å². The topological polar surface area (TPSA) is 126 Å². The molecule has 1 saturated heterocycles. The van der Waals surface area contributed by atoms with Gasteiger partial charge >= 0.3 is 5.69 Å². The Labute approximate surface area is 193 Å². The average Bonchev–Trinajstić information content (AvgIpc) is 3.16. The summed E-state index contributed by atoms with van der Waals surface area (Å²) in [6.45, 7) is 2.15. The fourth-order valence-electron chi connectivity index (χ4n) is 3.17. The molecule has 3 heterocycles. The molecule has 0 aliphatic carbocycles. The molecule has 2 aromatic heterocycles. The van der Waals surface area contributed by atoms with E-state index in [2.05, 4.69) is 15.3 Å². The molecule has 0 spiro atoms. The van der Waals surface area contributed by atoms with Gasteiger partial charge in [0.1, 0.15) is 11.3 Å². The van der Waals surface area contributed by atoms with Gasteiger partial charge in [-0.15, -0.1) is 0 Å². The lowest BCUT2D eigenvalue weighted by Gasteiger charge is -2.15. The number of aliphatic hydroxyl groups is 1. The maximum Gasteiger partial charge on any atom is 0.330 e. The Kier molecular flexibility index (Phi) is 9.15. The van der Waals surface area contributed by atoms with E-state index in [9.17, 15) is 19.5 Å². The summed E-state index contributed by atoms with van der Waals surface area (Å²) in [7, 11) is 3.08. The van der Waals surface area contributed by atoms with Crippen molar-refractivity contribution >= 4 is 33.6 Å². The molecular weight excluding hydrogens is 452 g/mol. The molecule has 0 bridgehead atoms. The number of carbonyl (C=O) groups excluding carboxylic acids is 1. The number of aliphatic hydroxyl groups excluding tert-OH is 1. The highest BCUT2D eigenvalue weighted by molar-refractivity contribution is 8.76. The van der Waals surface area contributed by atoms with Gasteiger partial charge in [0.25, 0.3) is 5.56 Å². The highest BCUT2D eigenvalue weighted by Gasteiger charge is 2.34. The van der Waals surface area contributed by atoms with Crippen molar-refractivity contribution in [2.24, 2.45) is 0 Å². The minimum atomic E-state index is -0.654. The number of rotatable bonds is 10. The van der Waals surface area contributed by atoms with Crippen LogP contribution in [0.15, 0.2) is 51.3 Å². The lowest BCUT2D eigenvalue weighted by molar-refractivity contribution is -0.120. The van der Waals surface area contributed by atoms with Crippen LogP contribution in [0.2, 0.25) is 0 Å². The van der Waals surface area contributed by atoms with Crippen LogP contribution in [0.1, 0.15) is 38.0 Å². The monoisotopic (exact) mass is 478 g/mol. The summed E-state index contributed by atoms with van der Waals surface area (Å²) in [6.07, 6.45) is 5.98. The van der Waals surface area contributed by atoms with Gasteiger partial charge in [0.05, 0.1) is 17.8 Å². The largest absolute Gasteiger partial charge is 0.390 e. The number of ether oxygens (including phenoxy) is 1. The first-order valence-corrected chi connectivity index (χ1v) is 12.6. The molecule has 1 aliphatic heterocycles. The van der Waals surface area contributed by atoms with E-state index < -0.39 is 23.6 Å². The van der Waals surface area contributed by atoms with Crippen LogP contribution in [-0.4, -0.2) is 50.1 Å². The quantitative estimate of drug-likeness (QED) is 0.349. The first-order valence-electron chi connectivity index (χ1n) is 10.3. The third-order valence-electron chi connectivity index (χ3n) is 4.82. The molecule has 11 heteroatoms. The van der Waals surface area contributed by atoms with Crippen LogP contribution in [0.4, 0.5) is 0 Å². The van der Waals surface area contributed by atoms with Crippen molar-refractivity contribution in [3.8, 4) is 0 Å². The maximum atomic E-state index is 12.2. The molecule has 0 aromatic carbocycles. The molecule has 0 saturated carbocycles. The van der Waals surface area contributed by atoms with Gasteiger partial charge in [0.15, 0.2) is 0 Å². The third-order valence-corrected chi connectivity index (χ3v) is 7.09. The predicted molar refractivity (Wildman–Crippen MR) is 125 cm³/mol. The molecule has 3 rings (SSSR count). The Bertz CT molecular complexity index is 1040. The minimum Gasteiger partial charge on any atom is -0.390 e. The molecule has 1 fully saturated rings. The van der Waals surface area contributed by atoms with Crippen LogP contribution < -0.4 is 16.6 Å². The predicted octanol–water partition coefficient (Wildman–Crippen LogP) is 1.95. The first-order chi connectivity index (χ1) is 15.5. The highest BCUT2D eigenvalue weighted by Crippen LogP contribution is 2.30. The SMILES string of the molecule is CC[C@H]1O[C@@H](n2cc(/C=C/CNC(=O)CCSSc3ccccn3)c(=O)[nH]c2=O)CC1O. The van der Waals surface area contributed by atoms with Gasteiger partial charge in [0.2, 0.25) is 5.91 Å². The fraction of sp³-hybridized carbons (Fsp3) is 0.429. The number of carbonyl (C=O) groups is 1. The summed E-state index contributed by atoms with van der Waals surface area (Å²) in [6, 6.07) is 5.68. The van der Waals surface area contributed by atoms with Crippen LogP contribution >= 0.6 is 21.6 Å². The number of nitrogens with zero attached hydrogens (tertiary/aromatic N) is 2. The van der Waals surface area contributed by atoms with E-state index >= 15 is 0 Å². The van der Waals surface area contributed by atoms with Crippen LogP contribution in [0, 0.1) is 0 Å². The van der Waals surface area contributed by atoms with Crippen LogP contribution in [-0.2, 0) is 9.53 Å².